The lowest BCUT2D eigenvalue weighted by Gasteiger charge is -2.33. The van der Waals surface area contributed by atoms with Crippen molar-refractivity contribution in [2.75, 3.05) is 31.2 Å². The second-order valence-electron chi connectivity index (χ2n) is 9.46. The molecule has 0 amide bonds. The smallest absolute Gasteiger partial charge is 0.252 e. The van der Waals surface area contributed by atoms with E-state index < -0.39 is 0 Å². The van der Waals surface area contributed by atoms with Crippen molar-refractivity contribution < 1.29 is 13.9 Å². The predicted octanol–water partition coefficient (Wildman–Crippen LogP) is 4.59. The number of aryl methyl sites for hydroxylation is 2. The molecule has 2 fully saturated rings. The van der Waals surface area contributed by atoms with Crippen LogP contribution in [-0.4, -0.2) is 46.9 Å². The molecule has 182 valence electrons. The molecule has 1 atom stereocenters. The molecule has 8 nitrogen and oxygen atoms in total. The first-order valence-corrected chi connectivity index (χ1v) is 12.4. The molecule has 0 radical (unpaired) electrons. The molecule has 5 heterocycles. The van der Waals surface area contributed by atoms with E-state index >= 15 is 0 Å². The van der Waals surface area contributed by atoms with E-state index in [-0.39, 0.29) is 17.6 Å². The number of benzene rings is 1. The Morgan fingerprint density at radius 1 is 1.11 bits per heavy atom. The Labute approximate surface area is 207 Å². The summed E-state index contributed by atoms with van der Waals surface area (Å²) in [4.78, 5) is 24.5. The van der Waals surface area contributed by atoms with Gasteiger partial charge in [-0.1, -0.05) is 17.7 Å². The van der Waals surface area contributed by atoms with Crippen LogP contribution in [0.3, 0.4) is 0 Å². The first-order valence-electron chi connectivity index (χ1n) is 12.0. The molecule has 9 heteroatoms. The summed E-state index contributed by atoms with van der Waals surface area (Å²) < 4.78 is 19.1. The molecule has 6 rings (SSSR count). The monoisotopic (exact) mass is 494 g/mol. The van der Waals surface area contributed by atoms with Gasteiger partial charge in [-0.2, -0.15) is 0 Å². The van der Waals surface area contributed by atoms with Gasteiger partial charge in [-0.25, -0.2) is 9.97 Å². The lowest BCUT2D eigenvalue weighted by Crippen LogP contribution is -2.34. The molecule has 2 aliphatic rings. The fourth-order valence-corrected chi connectivity index (χ4v) is 5.20. The SMILES string of the molecule is Cc1ccc2oc(C3CCN(c4cc(=O)n(C)c5cc(OC6CCOC6)c(Cl)nc45)CC3)nc2c1. The number of pyridine rings is 2. The van der Waals surface area contributed by atoms with Crippen LogP contribution >= 0.6 is 11.6 Å². The van der Waals surface area contributed by atoms with Crippen molar-refractivity contribution in [1.82, 2.24) is 14.5 Å². The van der Waals surface area contributed by atoms with Crippen molar-refractivity contribution in [3.63, 3.8) is 0 Å². The van der Waals surface area contributed by atoms with E-state index in [4.69, 9.17) is 30.5 Å². The average Bonchev–Trinajstić information content (AvgIpc) is 3.52. The third-order valence-corrected chi connectivity index (χ3v) is 7.32. The summed E-state index contributed by atoms with van der Waals surface area (Å²) >= 11 is 6.53. The van der Waals surface area contributed by atoms with Crippen LogP contribution in [0.1, 0.15) is 36.6 Å². The van der Waals surface area contributed by atoms with Gasteiger partial charge in [0, 0.05) is 44.6 Å². The Morgan fingerprint density at radius 2 is 1.94 bits per heavy atom. The highest BCUT2D eigenvalue weighted by atomic mass is 35.5. The number of hydrogen-bond acceptors (Lipinski definition) is 7. The zero-order valence-corrected chi connectivity index (χ0v) is 20.5. The highest BCUT2D eigenvalue weighted by Crippen LogP contribution is 2.36. The van der Waals surface area contributed by atoms with Crippen LogP contribution < -0.4 is 15.2 Å². The second kappa shape index (κ2) is 8.84. The third-order valence-electron chi connectivity index (χ3n) is 7.04. The van der Waals surface area contributed by atoms with Crippen molar-refractivity contribution in [3.8, 4) is 5.75 Å². The molecule has 0 N–H and O–H groups in total. The van der Waals surface area contributed by atoms with Gasteiger partial charge in [0.05, 0.1) is 24.4 Å². The maximum absolute atomic E-state index is 12.8. The van der Waals surface area contributed by atoms with Crippen LogP contribution in [0.25, 0.3) is 22.1 Å². The van der Waals surface area contributed by atoms with Gasteiger partial charge in [-0.15, -0.1) is 0 Å². The molecule has 0 aliphatic carbocycles. The molecule has 2 aliphatic heterocycles. The summed E-state index contributed by atoms with van der Waals surface area (Å²) in [5.74, 6) is 1.51. The van der Waals surface area contributed by atoms with Gasteiger partial charge in [-0.3, -0.25) is 4.79 Å². The zero-order chi connectivity index (χ0) is 24.1. The van der Waals surface area contributed by atoms with Gasteiger partial charge in [0.2, 0.25) is 0 Å². The van der Waals surface area contributed by atoms with E-state index in [1.54, 1.807) is 17.7 Å². The van der Waals surface area contributed by atoms with E-state index in [1.807, 2.05) is 18.2 Å². The van der Waals surface area contributed by atoms with Crippen LogP contribution in [0.15, 0.2) is 39.5 Å². The number of nitrogens with zero attached hydrogens (tertiary/aromatic N) is 4. The number of ether oxygens (including phenoxy) is 2. The maximum atomic E-state index is 12.8. The molecule has 35 heavy (non-hydrogen) atoms. The van der Waals surface area contributed by atoms with Crippen LogP contribution in [-0.2, 0) is 11.8 Å². The van der Waals surface area contributed by atoms with Gasteiger partial charge in [0.15, 0.2) is 22.4 Å². The van der Waals surface area contributed by atoms with Gasteiger partial charge in [0.25, 0.3) is 5.56 Å². The van der Waals surface area contributed by atoms with Crippen LogP contribution in [0.4, 0.5) is 5.69 Å². The molecule has 4 aromatic rings. The molecular weight excluding hydrogens is 468 g/mol. The van der Waals surface area contributed by atoms with Crippen molar-refractivity contribution in [1.29, 1.82) is 0 Å². The van der Waals surface area contributed by atoms with Crippen LogP contribution in [0.2, 0.25) is 5.15 Å². The summed E-state index contributed by atoms with van der Waals surface area (Å²) in [5, 5.41) is 0.293. The fourth-order valence-electron chi connectivity index (χ4n) is 5.01. The molecule has 3 aromatic heterocycles. The number of halogens is 1. The minimum atomic E-state index is -0.0942. The summed E-state index contributed by atoms with van der Waals surface area (Å²) in [5.41, 5.74) is 4.99. The summed E-state index contributed by atoms with van der Waals surface area (Å²) in [6.07, 6.45) is 2.50. The predicted molar refractivity (Wildman–Crippen MR) is 135 cm³/mol. The first-order chi connectivity index (χ1) is 17.0. The molecule has 0 spiro atoms. The number of piperidine rings is 1. The minimum absolute atomic E-state index is 0.0539. The number of fused-ring (bicyclic) bond motifs is 2. The molecule has 1 unspecified atom stereocenters. The van der Waals surface area contributed by atoms with Crippen molar-refractivity contribution in [3.05, 3.63) is 57.3 Å². The maximum Gasteiger partial charge on any atom is 0.252 e. The van der Waals surface area contributed by atoms with Crippen LogP contribution in [0.5, 0.6) is 5.75 Å². The number of anilines is 1. The Morgan fingerprint density at radius 3 is 2.71 bits per heavy atom. The highest BCUT2D eigenvalue weighted by Gasteiger charge is 2.27. The fraction of sp³-hybridized carbons (Fsp3) is 0.423. The number of rotatable bonds is 4. The lowest BCUT2D eigenvalue weighted by atomic mass is 9.96. The molecule has 2 saturated heterocycles. The lowest BCUT2D eigenvalue weighted by molar-refractivity contribution is 0.141. The van der Waals surface area contributed by atoms with Gasteiger partial charge < -0.3 is 23.4 Å². The number of oxazole rings is 1. The Balaban J connectivity index is 1.28. The topological polar surface area (TPSA) is 82.6 Å². The number of aromatic nitrogens is 3. The molecule has 1 aromatic carbocycles. The van der Waals surface area contributed by atoms with Gasteiger partial charge >= 0.3 is 0 Å². The van der Waals surface area contributed by atoms with Gasteiger partial charge in [0.1, 0.15) is 17.1 Å². The molecule has 0 bridgehead atoms. The van der Waals surface area contributed by atoms with E-state index in [1.165, 1.54) is 5.56 Å². The normalized spacial score (nSPS) is 19.2. The minimum Gasteiger partial charge on any atom is -0.485 e. The second-order valence-corrected chi connectivity index (χ2v) is 9.82. The Hall–Kier alpha value is -3.10. The first kappa shape index (κ1) is 22.4. The van der Waals surface area contributed by atoms with E-state index in [2.05, 4.69) is 22.9 Å². The summed E-state index contributed by atoms with van der Waals surface area (Å²) in [6, 6.07) is 9.54. The van der Waals surface area contributed by atoms with E-state index in [9.17, 15) is 4.79 Å². The van der Waals surface area contributed by atoms with Crippen molar-refractivity contribution in [2.24, 2.45) is 7.05 Å². The summed E-state index contributed by atoms with van der Waals surface area (Å²) in [6.45, 7) is 4.79. The van der Waals surface area contributed by atoms with E-state index in [0.717, 1.165) is 55.0 Å². The van der Waals surface area contributed by atoms with Crippen molar-refractivity contribution >= 4 is 39.4 Å². The highest BCUT2D eigenvalue weighted by molar-refractivity contribution is 6.31. The quantitative estimate of drug-likeness (QED) is 0.384. The largest absolute Gasteiger partial charge is 0.485 e. The standard InChI is InChI=1S/C26H27ClN4O4/c1-15-3-4-21-18(11-15)28-26(35-21)16-5-8-31(9-6-16)20-13-23(32)30(2)19-12-22(25(27)29-24(19)20)34-17-7-10-33-14-17/h3-4,11-13,16-17H,5-10,14H2,1-2H3. The number of hydrogen-bond donors (Lipinski definition) is 0. The zero-order valence-electron chi connectivity index (χ0n) is 19.8. The summed E-state index contributed by atoms with van der Waals surface area (Å²) in [7, 11) is 1.74. The van der Waals surface area contributed by atoms with E-state index in [0.29, 0.717) is 35.1 Å². The van der Waals surface area contributed by atoms with Gasteiger partial charge in [-0.05, 0) is 37.5 Å². The van der Waals surface area contributed by atoms with Crippen molar-refractivity contribution in [2.45, 2.75) is 38.2 Å². The molecular formula is C26H27ClN4O4. The Bertz CT molecular complexity index is 1470. The molecule has 0 saturated carbocycles. The Kier molecular flexibility index (Phi) is 5.65. The average molecular weight is 495 g/mol. The van der Waals surface area contributed by atoms with Crippen LogP contribution in [0, 0.1) is 6.92 Å². The third kappa shape index (κ3) is 4.15.